The Labute approximate surface area is 133 Å². The highest BCUT2D eigenvalue weighted by atomic mass is 127. The topological polar surface area (TPSA) is 66.2 Å². The number of halogens is 1. The van der Waals surface area contributed by atoms with Gasteiger partial charge in [0.05, 0.1) is 12.1 Å². The minimum Gasteiger partial charge on any atom is -0.378 e. The molecule has 0 saturated carbocycles. The molecule has 0 aliphatic carbocycles. The van der Waals surface area contributed by atoms with Crippen LogP contribution < -0.4 is 10.6 Å². The monoisotopic (exact) mass is 391 g/mol. The summed E-state index contributed by atoms with van der Waals surface area (Å²) in [6.07, 6.45) is 0.926. The lowest BCUT2D eigenvalue weighted by molar-refractivity contribution is 0.0475. The number of ether oxygens (including phenoxy) is 1. The number of aromatic amines is 1. The van der Waals surface area contributed by atoms with Gasteiger partial charge in [-0.2, -0.15) is 0 Å². The Kier molecular flexibility index (Phi) is 5.45. The Balaban J connectivity index is 2.11. The van der Waals surface area contributed by atoms with Crippen LogP contribution in [0.15, 0.2) is 0 Å². The van der Waals surface area contributed by atoms with Crippen molar-refractivity contribution in [3.8, 4) is 0 Å². The molecule has 1 aromatic rings. The van der Waals surface area contributed by atoms with Gasteiger partial charge in [0.2, 0.25) is 0 Å². The van der Waals surface area contributed by atoms with Gasteiger partial charge >= 0.3 is 0 Å². The maximum absolute atomic E-state index is 12.5. The number of rotatable bonds is 4. The molecule has 20 heavy (non-hydrogen) atoms. The van der Waals surface area contributed by atoms with Crippen molar-refractivity contribution in [3.63, 3.8) is 0 Å². The Morgan fingerprint density at radius 3 is 2.85 bits per heavy atom. The Bertz CT molecular complexity index is 487. The number of alkyl halides is 1. The van der Waals surface area contributed by atoms with Crippen LogP contribution in [0.1, 0.15) is 33.7 Å². The van der Waals surface area contributed by atoms with Gasteiger partial charge in [0.1, 0.15) is 5.69 Å². The van der Waals surface area contributed by atoms with Crippen molar-refractivity contribution in [1.29, 1.82) is 0 Å². The molecule has 1 amide bonds. The van der Waals surface area contributed by atoms with E-state index in [0.717, 1.165) is 35.2 Å². The lowest BCUT2D eigenvalue weighted by atomic mass is 10.0. The first-order chi connectivity index (χ1) is 9.58. The fraction of sp³-hybridized carbons (Fsp3) is 0.643. The van der Waals surface area contributed by atoms with Crippen LogP contribution in [0.5, 0.6) is 0 Å². The molecule has 5 nitrogen and oxygen atoms in total. The molecular weight excluding hydrogens is 369 g/mol. The highest BCUT2D eigenvalue weighted by Crippen LogP contribution is 2.21. The first-order valence-electron chi connectivity index (χ1n) is 6.86. The summed E-state index contributed by atoms with van der Waals surface area (Å²) in [5, 5.41) is 6.38. The molecule has 6 heteroatoms. The summed E-state index contributed by atoms with van der Waals surface area (Å²) < 4.78 is 6.34. The number of H-pyrrole nitrogens is 1. The summed E-state index contributed by atoms with van der Waals surface area (Å²) in [4.78, 5) is 15.7. The average Bonchev–Trinajstić information content (AvgIpc) is 2.74. The molecule has 1 aromatic heterocycles. The number of piperidine rings is 1. The van der Waals surface area contributed by atoms with Gasteiger partial charge in [0.25, 0.3) is 5.91 Å². The lowest BCUT2D eigenvalue weighted by Gasteiger charge is -2.31. The third-order valence-corrected chi connectivity index (χ3v) is 4.76. The standard InChI is InChI=1S/C14H22IN3O2/c1-8-10(6-15)9(2)17-13(8)14(19)18-11-4-5-16-7-12(11)20-3/h11-12,16-17H,4-7H2,1-3H3,(H,18,19)/t11-,12+/m1/s1. The maximum atomic E-state index is 12.5. The minimum atomic E-state index is -0.0318. The summed E-state index contributed by atoms with van der Waals surface area (Å²) in [5.74, 6) is -0.0318. The van der Waals surface area contributed by atoms with E-state index in [1.807, 2.05) is 13.8 Å². The van der Waals surface area contributed by atoms with Crippen molar-refractivity contribution in [2.45, 2.75) is 36.8 Å². The number of hydrogen-bond donors (Lipinski definition) is 3. The molecule has 0 spiro atoms. The van der Waals surface area contributed by atoms with E-state index in [4.69, 9.17) is 4.74 Å². The van der Waals surface area contributed by atoms with Crippen LogP contribution in [0.3, 0.4) is 0 Å². The smallest absolute Gasteiger partial charge is 0.268 e. The van der Waals surface area contributed by atoms with E-state index in [9.17, 15) is 4.79 Å². The van der Waals surface area contributed by atoms with E-state index in [-0.39, 0.29) is 18.1 Å². The lowest BCUT2D eigenvalue weighted by Crippen LogP contribution is -2.53. The number of carbonyl (C=O) groups excluding carboxylic acids is 1. The summed E-state index contributed by atoms with van der Waals surface area (Å²) in [7, 11) is 1.69. The van der Waals surface area contributed by atoms with Crippen LogP contribution in [0, 0.1) is 13.8 Å². The molecule has 1 aliphatic heterocycles. The number of aryl methyl sites for hydroxylation is 1. The van der Waals surface area contributed by atoms with Crippen molar-refractivity contribution >= 4 is 28.5 Å². The van der Waals surface area contributed by atoms with Crippen molar-refractivity contribution in [2.24, 2.45) is 0 Å². The van der Waals surface area contributed by atoms with Crippen LogP contribution in [0.25, 0.3) is 0 Å². The molecule has 2 atom stereocenters. The first kappa shape index (κ1) is 15.8. The molecule has 0 aromatic carbocycles. The van der Waals surface area contributed by atoms with Gasteiger partial charge in [-0.1, -0.05) is 22.6 Å². The van der Waals surface area contributed by atoms with Crippen LogP contribution in [0.2, 0.25) is 0 Å². The zero-order valence-corrected chi connectivity index (χ0v) is 14.3. The molecule has 2 heterocycles. The highest BCUT2D eigenvalue weighted by Gasteiger charge is 2.27. The predicted molar refractivity (Wildman–Crippen MR) is 87.5 cm³/mol. The summed E-state index contributed by atoms with van der Waals surface area (Å²) in [5.41, 5.74) is 4.04. The molecular formula is C14H22IN3O2. The molecule has 1 fully saturated rings. The van der Waals surface area contributed by atoms with Crippen LogP contribution in [0.4, 0.5) is 0 Å². The fourth-order valence-electron chi connectivity index (χ4n) is 2.70. The van der Waals surface area contributed by atoms with Crippen molar-refractivity contribution in [2.75, 3.05) is 20.2 Å². The van der Waals surface area contributed by atoms with Crippen LogP contribution in [-0.4, -0.2) is 43.2 Å². The van der Waals surface area contributed by atoms with Gasteiger partial charge in [0.15, 0.2) is 0 Å². The summed E-state index contributed by atoms with van der Waals surface area (Å²) in [6, 6.07) is 0.0693. The van der Waals surface area contributed by atoms with E-state index >= 15 is 0 Å². The predicted octanol–water partition coefficient (Wildman–Crippen LogP) is 1.67. The Morgan fingerprint density at radius 2 is 2.25 bits per heavy atom. The zero-order valence-electron chi connectivity index (χ0n) is 12.2. The molecule has 0 bridgehead atoms. The van der Waals surface area contributed by atoms with Crippen molar-refractivity contribution < 1.29 is 9.53 Å². The van der Waals surface area contributed by atoms with Gasteiger partial charge in [-0.25, -0.2) is 0 Å². The maximum Gasteiger partial charge on any atom is 0.268 e. The molecule has 1 saturated heterocycles. The van der Waals surface area contributed by atoms with E-state index in [2.05, 4.69) is 38.2 Å². The van der Waals surface area contributed by atoms with E-state index in [0.29, 0.717) is 5.69 Å². The number of hydrogen-bond acceptors (Lipinski definition) is 3. The molecule has 2 rings (SSSR count). The van der Waals surface area contributed by atoms with E-state index in [1.165, 1.54) is 5.56 Å². The Hall–Kier alpha value is -0.600. The fourth-order valence-corrected chi connectivity index (χ4v) is 3.84. The van der Waals surface area contributed by atoms with Crippen LogP contribution in [-0.2, 0) is 9.16 Å². The Morgan fingerprint density at radius 1 is 1.50 bits per heavy atom. The molecule has 0 radical (unpaired) electrons. The SMILES string of the molecule is CO[C@H]1CNCC[C@H]1NC(=O)c1[nH]c(C)c(CI)c1C. The average molecular weight is 391 g/mol. The molecule has 1 aliphatic rings. The zero-order chi connectivity index (χ0) is 14.7. The van der Waals surface area contributed by atoms with Crippen LogP contribution >= 0.6 is 22.6 Å². The summed E-state index contributed by atoms with van der Waals surface area (Å²) in [6.45, 7) is 5.71. The van der Waals surface area contributed by atoms with Gasteiger partial charge in [0, 0.05) is 23.8 Å². The second kappa shape index (κ2) is 6.91. The number of methoxy groups -OCH3 is 1. The first-order valence-corrected chi connectivity index (χ1v) is 8.39. The number of amides is 1. The van der Waals surface area contributed by atoms with Gasteiger partial charge < -0.3 is 20.4 Å². The van der Waals surface area contributed by atoms with Crippen molar-refractivity contribution in [3.05, 3.63) is 22.5 Å². The molecule has 3 N–H and O–H groups in total. The number of carbonyl (C=O) groups is 1. The second-order valence-electron chi connectivity index (χ2n) is 5.21. The quantitative estimate of drug-likeness (QED) is 0.541. The third kappa shape index (κ3) is 3.17. The van der Waals surface area contributed by atoms with Gasteiger partial charge in [-0.3, -0.25) is 4.79 Å². The normalized spacial score (nSPS) is 22.8. The van der Waals surface area contributed by atoms with Gasteiger partial charge in [-0.15, -0.1) is 0 Å². The van der Waals surface area contributed by atoms with Crippen molar-refractivity contribution in [1.82, 2.24) is 15.6 Å². The molecule has 112 valence electrons. The number of aromatic nitrogens is 1. The summed E-state index contributed by atoms with van der Waals surface area (Å²) >= 11 is 2.33. The van der Waals surface area contributed by atoms with E-state index in [1.54, 1.807) is 7.11 Å². The largest absolute Gasteiger partial charge is 0.378 e. The minimum absolute atomic E-state index is 0.0318. The highest BCUT2D eigenvalue weighted by molar-refractivity contribution is 14.1. The second-order valence-corrected chi connectivity index (χ2v) is 5.97. The number of nitrogens with one attached hydrogen (secondary N) is 3. The van der Waals surface area contributed by atoms with Gasteiger partial charge in [-0.05, 0) is 37.9 Å². The molecule has 0 unspecified atom stereocenters. The van der Waals surface area contributed by atoms with E-state index < -0.39 is 0 Å². The third-order valence-electron chi connectivity index (χ3n) is 4.00.